The van der Waals surface area contributed by atoms with E-state index in [1.165, 1.54) is 59.3 Å². The zero-order valence-corrected chi connectivity index (χ0v) is 76.8. The Kier molecular flexibility index (Phi) is 40.9. The number of benzene rings is 5. The van der Waals surface area contributed by atoms with Gasteiger partial charge in [0.15, 0.2) is 0 Å². The van der Waals surface area contributed by atoms with E-state index in [1.54, 1.807) is 122 Å². The lowest BCUT2D eigenvalue weighted by atomic mass is 9.98. The van der Waals surface area contributed by atoms with E-state index in [-0.39, 0.29) is 88.2 Å². The van der Waals surface area contributed by atoms with Crippen molar-refractivity contribution in [2.45, 2.75) is 202 Å². The fraction of sp³-hybridized carbons (Fsp3) is 0.467. The standard InChI is InChI=1S/C92H121ClN18O21S/c1-8-10-30-71-91(131)111-49-60(113)44-73(111)88(128)104-67(45-78(118)119)85(125)107-79(52(3)4)92(132)109(6)72(41-53-21-13-11-14-22-53)87(127)101-64(35-36-77(116)117)82(122)105-69(47-96-9-2)86(126)103-66(43-57-46-97-62-28-18-17-27-61(57)62)84(124)102-65(39-55-31-33-59(112)34-32-55)83(123)100-63(29-20-37-94)81(121)106-70(80(120)98-48-75(95)114)50-133-51-76(115)99-68(40-56-25-19-26-58(93)38-56)89(129)110(7)74(90(130)108(71)5)42-54-23-15-12-16-24-54/h11-19,21-28,31-34,38,46,52,60,63-74,79,96-97,112-113H,8-10,20,29-30,35-37,39-45,47-51,94H2,1-7H3,(H2,95,114)(H,98,120)(H,99,115)(H,100,123)(H,101,127)(H,102,124)(H,103,126)(H,104,128)(H,105,122)(H,106,121)(H,107,125)(H,116,117)(H,118,119)/t60-,63+,64+,65+,66+,67+,68+,69-,70+,71+,72?,73-,74+,79+/m1/s1. The van der Waals surface area contributed by atoms with Crippen LogP contribution >= 0.6 is 23.4 Å². The first kappa shape index (κ1) is 105. The molecular weight excluding hydrogens is 1760 g/mol. The van der Waals surface area contributed by atoms with Gasteiger partial charge in [0.05, 0.1) is 24.8 Å². The van der Waals surface area contributed by atoms with E-state index in [9.17, 15) is 58.8 Å². The second-order valence-corrected chi connectivity index (χ2v) is 34.8. The number of hydrogen-bond acceptors (Lipinski definition) is 22. The van der Waals surface area contributed by atoms with Crippen LogP contribution in [0.5, 0.6) is 5.75 Å². The lowest BCUT2D eigenvalue weighted by Gasteiger charge is -2.38. The number of aromatic hydroxyl groups is 1. The maximum absolute atomic E-state index is 15.7. The summed E-state index contributed by atoms with van der Waals surface area (Å²) in [7, 11) is 3.85. The van der Waals surface area contributed by atoms with Crippen molar-refractivity contribution in [1.82, 2.24) is 83.1 Å². The zero-order chi connectivity index (χ0) is 97.3. The Labute approximate surface area is 779 Å². The number of aliphatic carboxylic acids is 2. The number of para-hydroxylation sites is 1. The van der Waals surface area contributed by atoms with Gasteiger partial charge in [-0.05, 0) is 103 Å². The van der Waals surface area contributed by atoms with Crippen LogP contribution in [0, 0.1) is 5.92 Å². The first-order valence-corrected chi connectivity index (χ1v) is 45.6. The molecule has 0 radical (unpaired) electrons. The van der Waals surface area contributed by atoms with E-state index < -0.39 is 241 Å². The molecule has 5 aromatic carbocycles. The summed E-state index contributed by atoms with van der Waals surface area (Å²) in [6.45, 7) is 5.01. The van der Waals surface area contributed by atoms with Crippen molar-refractivity contribution < 1.29 is 102 Å². The van der Waals surface area contributed by atoms with Gasteiger partial charge in [-0.25, -0.2) is 0 Å². The smallest absolute Gasteiger partial charge is 0.305 e. The summed E-state index contributed by atoms with van der Waals surface area (Å²) in [5, 5.41) is 72.2. The van der Waals surface area contributed by atoms with E-state index in [4.69, 9.17) is 23.1 Å². The van der Waals surface area contributed by atoms with Crippen LogP contribution in [0.15, 0.2) is 140 Å². The number of unbranched alkanes of at least 4 members (excludes halogenated alkanes) is 1. The minimum Gasteiger partial charge on any atom is -0.508 e. The molecule has 2 saturated heterocycles. The SMILES string of the molecule is CCCC[C@H]1C(=O)N2C[C@H](O)C[C@@H]2C(=O)N[C@@H](CC(=O)O)C(=O)N[C@@H](C(C)C)C(=O)N(C)C(Cc2ccccc2)C(=O)N[C@@H](CCC(=O)O)C(=O)N[C@H](CNCC)C(=O)N[C@@H](Cc2c[nH]c3ccccc23)C(=O)N[C@@H](Cc2ccc(O)cc2)C(=O)N[C@@H](CCCN)C(=O)N[C@H](C(=O)NCC(N)=O)CSCC(=O)N[C@@H](Cc2cccc(Cl)c2)C(=O)N(C)[C@@H](Cc2ccccc2)C(=O)N1C. The average molecular weight is 1880 g/mol. The minimum atomic E-state index is -2.02. The van der Waals surface area contributed by atoms with Crippen molar-refractivity contribution in [1.29, 1.82) is 0 Å². The maximum atomic E-state index is 15.7. The number of phenolic OH excluding ortho intramolecular Hbond substituents is 1. The van der Waals surface area contributed by atoms with Crippen LogP contribution in [0.4, 0.5) is 0 Å². The molecule has 2 fully saturated rings. The molecule has 718 valence electrons. The number of thioether (sulfide) groups is 1. The van der Waals surface area contributed by atoms with E-state index in [1.807, 2.05) is 6.92 Å². The summed E-state index contributed by atoms with van der Waals surface area (Å²) in [5.74, 6) is -20.1. The molecule has 0 saturated carbocycles. The quantitative estimate of drug-likeness (QED) is 0.0301. The van der Waals surface area contributed by atoms with Crippen molar-refractivity contribution in [3.63, 3.8) is 0 Å². The Hall–Kier alpha value is -13.1. The number of carbonyl (C=O) groups excluding carboxylic acids is 15. The number of nitrogens with one attached hydrogen (secondary N) is 12. The van der Waals surface area contributed by atoms with E-state index in [0.717, 1.165) is 31.4 Å². The number of carboxylic acids is 2. The first-order chi connectivity index (χ1) is 63.4. The minimum absolute atomic E-state index is 0.0486. The van der Waals surface area contributed by atoms with Crippen LogP contribution in [0.2, 0.25) is 5.02 Å². The molecule has 15 amide bonds. The second kappa shape index (κ2) is 51.7. The molecule has 0 bridgehead atoms. The molecular formula is C92H121ClN18O21S. The molecule has 6 aromatic rings. The molecule has 2 aliphatic heterocycles. The number of aliphatic hydroxyl groups is 1. The molecule has 2 aliphatic rings. The molecule has 8 rings (SSSR count). The van der Waals surface area contributed by atoms with Crippen LogP contribution in [0.3, 0.4) is 0 Å². The highest BCUT2D eigenvalue weighted by Gasteiger charge is 2.47. The third-order valence-corrected chi connectivity index (χ3v) is 24.2. The van der Waals surface area contributed by atoms with Crippen molar-refractivity contribution in [2.24, 2.45) is 17.4 Å². The lowest BCUT2D eigenvalue weighted by molar-refractivity contribution is -0.152. The normalized spacial score (nSPS) is 23.6. The topological polar surface area (TPSA) is 584 Å². The number of hydrogen-bond donors (Lipinski definition) is 18. The highest BCUT2D eigenvalue weighted by Crippen LogP contribution is 2.27. The van der Waals surface area contributed by atoms with Crippen molar-refractivity contribution >= 4 is 135 Å². The largest absolute Gasteiger partial charge is 0.508 e. The fourth-order valence-corrected chi connectivity index (χ4v) is 16.6. The van der Waals surface area contributed by atoms with Gasteiger partial charge < -0.3 is 115 Å². The predicted molar refractivity (Wildman–Crippen MR) is 492 cm³/mol. The van der Waals surface area contributed by atoms with Crippen LogP contribution in [-0.2, 0) is 114 Å². The monoisotopic (exact) mass is 1880 g/mol. The van der Waals surface area contributed by atoms with Gasteiger partial charge in [0.1, 0.15) is 84.3 Å². The second-order valence-electron chi connectivity index (χ2n) is 33.3. The van der Waals surface area contributed by atoms with Crippen LogP contribution in [-0.4, -0.2) is 296 Å². The number of halogens is 1. The van der Waals surface area contributed by atoms with Gasteiger partial charge in [0.2, 0.25) is 88.6 Å². The Morgan fingerprint density at radius 2 is 1.08 bits per heavy atom. The molecule has 41 heteroatoms. The molecule has 0 spiro atoms. The number of likely N-dealkylation sites (N-methyl/N-ethyl adjacent to an activating group) is 4. The molecule has 3 heterocycles. The molecule has 1 aromatic heterocycles. The Bertz CT molecular complexity index is 5080. The average Bonchev–Trinajstić information content (AvgIpc) is 1.74. The van der Waals surface area contributed by atoms with Crippen molar-refractivity contribution in [2.75, 3.05) is 65.4 Å². The predicted octanol–water partition coefficient (Wildman–Crippen LogP) is -0.271. The highest BCUT2D eigenvalue weighted by atomic mass is 35.5. The molecule has 1 unspecified atom stereocenters. The number of aliphatic hydroxyl groups excluding tert-OH is 1. The third-order valence-electron chi connectivity index (χ3n) is 22.9. The number of rotatable bonds is 28. The Morgan fingerprint density at radius 3 is 1.69 bits per heavy atom. The van der Waals surface area contributed by atoms with Gasteiger partial charge >= 0.3 is 11.9 Å². The number of fused-ring (bicyclic) bond motifs is 2. The molecule has 14 atom stereocenters. The molecule has 39 nitrogen and oxygen atoms in total. The number of aromatic amines is 1. The summed E-state index contributed by atoms with van der Waals surface area (Å²) in [6.07, 6.45) is -3.73. The van der Waals surface area contributed by atoms with E-state index in [2.05, 4.69) is 63.5 Å². The van der Waals surface area contributed by atoms with E-state index >= 15 is 43.2 Å². The van der Waals surface area contributed by atoms with Crippen LogP contribution in [0.1, 0.15) is 113 Å². The van der Waals surface area contributed by atoms with Gasteiger partial charge in [0.25, 0.3) is 0 Å². The Morgan fingerprint density at radius 1 is 0.534 bits per heavy atom. The number of carbonyl (C=O) groups is 17. The summed E-state index contributed by atoms with van der Waals surface area (Å²) in [6, 6.07) is 14.1. The van der Waals surface area contributed by atoms with Gasteiger partial charge in [0, 0.05) is 107 Å². The summed E-state index contributed by atoms with van der Waals surface area (Å²) < 4.78 is 0. The third kappa shape index (κ3) is 31.6. The Balaban J connectivity index is 1.24. The maximum Gasteiger partial charge on any atom is 0.305 e. The number of carboxylic acid groups (broad SMARTS) is 2. The molecule has 20 N–H and O–H groups in total. The molecule has 0 aliphatic carbocycles. The highest BCUT2D eigenvalue weighted by molar-refractivity contribution is 8.00. The first-order valence-electron chi connectivity index (χ1n) is 44.0. The van der Waals surface area contributed by atoms with Crippen LogP contribution < -0.4 is 70.0 Å². The molecule has 133 heavy (non-hydrogen) atoms. The lowest BCUT2D eigenvalue weighted by Crippen LogP contribution is -2.62. The van der Waals surface area contributed by atoms with Gasteiger partial charge in [-0.2, -0.15) is 0 Å². The summed E-state index contributed by atoms with van der Waals surface area (Å²) in [5.41, 5.74) is 14.3. The van der Waals surface area contributed by atoms with E-state index in [0.29, 0.717) is 45.1 Å². The van der Waals surface area contributed by atoms with Crippen molar-refractivity contribution in [3.05, 3.63) is 172 Å². The van der Waals surface area contributed by atoms with Gasteiger partial charge in [-0.1, -0.05) is 155 Å². The van der Waals surface area contributed by atoms with Crippen LogP contribution in [0.25, 0.3) is 10.9 Å². The fourth-order valence-electron chi connectivity index (χ4n) is 15.6. The number of nitrogens with zero attached hydrogens (tertiary/aromatic N) is 4. The van der Waals surface area contributed by atoms with Gasteiger partial charge in [-0.3, -0.25) is 81.5 Å². The number of H-pyrrole nitrogens is 1. The van der Waals surface area contributed by atoms with Crippen molar-refractivity contribution in [3.8, 4) is 5.75 Å². The number of aromatic nitrogens is 1. The number of amides is 15. The summed E-state index contributed by atoms with van der Waals surface area (Å²) in [4.78, 5) is 257. The number of phenols is 1. The number of primary amides is 1. The zero-order valence-electron chi connectivity index (χ0n) is 75.2. The summed E-state index contributed by atoms with van der Waals surface area (Å²) >= 11 is 7.28. The number of nitrogens with two attached hydrogens (primary N) is 2. The van der Waals surface area contributed by atoms with Gasteiger partial charge in [-0.15, -0.1) is 11.8 Å².